The zero-order chi connectivity index (χ0) is 12.3. The highest BCUT2D eigenvalue weighted by molar-refractivity contribution is 7.98. The van der Waals surface area contributed by atoms with Crippen LogP contribution < -0.4 is 5.73 Å². The Bertz CT molecular complexity index is 570. The van der Waals surface area contributed by atoms with E-state index in [1.807, 2.05) is 42.7 Å². The number of nitrogens with two attached hydrogens (primary N) is 1. The zero-order valence-corrected chi connectivity index (χ0v) is 10.2. The first-order valence-corrected chi connectivity index (χ1v) is 6.28. The lowest BCUT2D eigenvalue weighted by molar-refractivity contribution is 1.30. The zero-order valence-electron chi connectivity index (χ0n) is 9.34. The lowest BCUT2D eigenvalue weighted by Gasteiger charge is -2.04. The van der Waals surface area contributed by atoms with Crippen LogP contribution in [0.3, 0.4) is 0 Å². The third-order valence-electron chi connectivity index (χ3n) is 2.43. The van der Waals surface area contributed by atoms with Gasteiger partial charge in [-0.05, 0) is 30.5 Å². The number of nitriles is 1. The summed E-state index contributed by atoms with van der Waals surface area (Å²) in [6.07, 6.45) is 2.03. The molecular formula is C13H11N3S. The maximum Gasteiger partial charge on any atom is 0.142 e. The van der Waals surface area contributed by atoms with Crippen LogP contribution in [0.2, 0.25) is 0 Å². The van der Waals surface area contributed by atoms with Gasteiger partial charge in [0.1, 0.15) is 11.9 Å². The molecular weight excluding hydrogens is 230 g/mol. The Kier molecular flexibility index (Phi) is 3.31. The fourth-order valence-corrected chi connectivity index (χ4v) is 1.90. The number of hydrogen-bond acceptors (Lipinski definition) is 4. The van der Waals surface area contributed by atoms with Gasteiger partial charge in [0, 0.05) is 10.5 Å². The van der Waals surface area contributed by atoms with E-state index in [4.69, 9.17) is 11.0 Å². The number of hydrogen-bond donors (Lipinski definition) is 1. The van der Waals surface area contributed by atoms with Crippen molar-refractivity contribution in [3.8, 4) is 17.3 Å². The first-order valence-electron chi connectivity index (χ1n) is 5.05. The summed E-state index contributed by atoms with van der Waals surface area (Å²) in [6.45, 7) is 0. The Morgan fingerprint density at radius 1 is 1.18 bits per heavy atom. The van der Waals surface area contributed by atoms with Crippen molar-refractivity contribution in [3.63, 3.8) is 0 Å². The fourth-order valence-electron chi connectivity index (χ4n) is 1.49. The van der Waals surface area contributed by atoms with Crippen LogP contribution in [0, 0.1) is 11.3 Å². The average Bonchev–Trinajstić information content (AvgIpc) is 2.39. The van der Waals surface area contributed by atoms with Gasteiger partial charge in [-0.2, -0.15) is 5.26 Å². The maximum absolute atomic E-state index is 8.78. The van der Waals surface area contributed by atoms with Crippen LogP contribution in [0.15, 0.2) is 41.3 Å². The molecule has 1 aromatic carbocycles. The quantitative estimate of drug-likeness (QED) is 0.821. The second-order valence-electron chi connectivity index (χ2n) is 3.47. The number of pyridine rings is 1. The highest BCUT2D eigenvalue weighted by Crippen LogP contribution is 2.23. The van der Waals surface area contributed by atoms with E-state index in [1.165, 1.54) is 4.90 Å². The highest BCUT2D eigenvalue weighted by atomic mass is 32.2. The lowest BCUT2D eigenvalue weighted by Crippen LogP contribution is -1.96. The average molecular weight is 241 g/mol. The third-order valence-corrected chi connectivity index (χ3v) is 3.17. The molecule has 3 nitrogen and oxygen atoms in total. The predicted molar refractivity (Wildman–Crippen MR) is 70.6 cm³/mol. The Morgan fingerprint density at radius 3 is 2.41 bits per heavy atom. The van der Waals surface area contributed by atoms with Gasteiger partial charge in [0.2, 0.25) is 0 Å². The fraction of sp³-hybridized carbons (Fsp3) is 0.0769. The molecule has 0 saturated heterocycles. The number of thioether (sulfide) groups is 1. The molecule has 0 bridgehead atoms. The molecule has 84 valence electrons. The molecule has 2 N–H and O–H groups in total. The Balaban J connectivity index is 2.40. The minimum absolute atomic E-state index is 0.277. The summed E-state index contributed by atoms with van der Waals surface area (Å²) in [5.74, 6) is 0.277. The molecule has 1 heterocycles. The van der Waals surface area contributed by atoms with Crippen LogP contribution in [-0.4, -0.2) is 11.2 Å². The van der Waals surface area contributed by atoms with Gasteiger partial charge in [-0.1, -0.05) is 12.1 Å². The molecule has 4 heteroatoms. The number of benzene rings is 1. The van der Waals surface area contributed by atoms with E-state index in [0.717, 1.165) is 11.3 Å². The molecule has 0 atom stereocenters. The van der Waals surface area contributed by atoms with Gasteiger partial charge in [-0.3, -0.25) is 0 Å². The van der Waals surface area contributed by atoms with Crippen molar-refractivity contribution in [1.29, 1.82) is 5.26 Å². The molecule has 1 aromatic heterocycles. The predicted octanol–water partition coefficient (Wildman–Crippen LogP) is 2.92. The molecule has 2 aromatic rings. The van der Waals surface area contributed by atoms with Crippen LogP contribution in [0.5, 0.6) is 0 Å². The third kappa shape index (κ3) is 2.40. The van der Waals surface area contributed by atoms with Crippen LogP contribution in [-0.2, 0) is 0 Å². The number of nitrogens with zero attached hydrogens (tertiary/aromatic N) is 2. The SMILES string of the molecule is CSc1ccc(-c2ccc(C#N)c(N)n2)cc1. The normalized spacial score (nSPS) is 9.88. The number of anilines is 1. The van der Waals surface area contributed by atoms with Crippen molar-refractivity contribution in [2.24, 2.45) is 0 Å². The van der Waals surface area contributed by atoms with E-state index in [2.05, 4.69) is 4.98 Å². The molecule has 0 aliphatic carbocycles. The van der Waals surface area contributed by atoms with Crippen molar-refractivity contribution in [3.05, 3.63) is 42.0 Å². The summed E-state index contributed by atoms with van der Waals surface area (Å²) >= 11 is 1.69. The standard InChI is InChI=1S/C13H11N3S/c1-17-11-5-2-9(3-6-11)12-7-4-10(8-14)13(15)16-12/h2-7H,1H3,(H2,15,16). The maximum atomic E-state index is 8.78. The minimum Gasteiger partial charge on any atom is -0.383 e. The van der Waals surface area contributed by atoms with E-state index in [9.17, 15) is 0 Å². The smallest absolute Gasteiger partial charge is 0.142 e. The van der Waals surface area contributed by atoms with Crippen molar-refractivity contribution in [2.75, 3.05) is 12.0 Å². The van der Waals surface area contributed by atoms with Gasteiger partial charge in [0.05, 0.1) is 11.3 Å². The molecule has 0 radical (unpaired) electrons. The Morgan fingerprint density at radius 2 is 1.88 bits per heavy atom. The molecule has 0 aliphatic rings. The Hall–Kier alpha value is -1.99. The van der Waals surface area contributed by atoms with E-state index in [1.54, 1.807) is 17.8 Å². The summed E-state index contributed by atoms with van der Waals surface area (Å²) in [7, 11) is 0. The van der Waals surface area contributed by atoms with Gasteiger partial charge in [0.15, 0.2) is 0 Å². The van der Waals surface area contributed by atoms with Crippen molar-refractivity contribution in [1.82, 2.24) is 4.98 Å². The molecule has 0 amide bonds. The second-order valence-corrected chi connectivity index (χ2v) is 4.35. The number of aromatic nitrogens is 1. The van der Waals surface area contributed by atoms with E-state index >= 15 is 0 Å². The highest BCUT2D eigenvalue weighted by Gasteiger charge is 2.03. The summed E-state index contributed by atoms with van der Waals surface area (Å²) in [4.78, 5) is 5.42. The molecule has 0 fully saturated rings. The minimum atomic E-state index is 0.277. The molecule has 0 saturated carbocycles. The van der Waals surface area contributed by atoms with Gasteiger partial charge in [-0.15, -0.1) is 11.8 Å². The summed E-state index contributed by atoms with van der Waals surface area (Å²) in [6, 6.07) is 13.6. The van der Waals surface area contributed by atoms with E-state index < -0.39 is 0 Å². The molecule has 17 heavy (non-hydrogen) atoms. The Labute approximate surface area is 104 Å². The first kappa shape index (κ1) is 11.5. The number of rotatable bonds is 2. The van der Waals surface area contributed by atoms with Gasteiger partial charge >= 0.3 is 0 Å². The van der Waals surface area contributed by atoms with E-state index in [-0.39, 0.29) is 5.82 Å². The lowest BCUT2D eigenvalue weighted by atomic mass is 10.1. The van der Waals surface area contributed by atoms with Crippen LogP contribution >= 0.6 is 11.8 Å². The van der Waals surface area contributed by atoms with Gasteiger partial charge in [0.25, 0.3) is 0 Å². The summed E-state index contributed by atoms with van der Waals surface area (Å²) in [5, 5.41) is 8.78. The second kappa shape index (κ2) is 4.89. The van der Waals surface area contributed by atoms with Crippen molar-refractivity contribution < 1.29 is 0 Å². The molecule has 2 rings (SSSR count). The van der Waals surface area contributed by atoms with Gasteiger partial charge in [-0.25, -0.2) is 4.98 Å². The van der Waals surface area contributed by atoms with Crippen molar-refractivity contribution >= 4 is 17.6 Å². The monoisotopic (exact) mass is 241 g/mol. The summed E-state index contributed by atoms with van der Waals surface area (Å²) in [5.41, 5.74) is 7.88. The topological polar surface area (TPSA) is 62.7 Å². The largest absolute Gasteiger partial charge is 0.383 e. The van der Waals surface area contributed by atoms with Crippen LogP contribution in [0.4, 0.5) is 5.82 Å². The molecule has 0 unspecified atom stereocenters. The summed E-state index contributed by atoms with van der Waals surface area (Å²) < 4.78 is 0. The van der Waals surface area contributed by atoms with E-state index in [0.29, 0.717) is 5.56 Å². The first-order chi connectivity index (χ1) is 8.24. The number of nitrogen functional groups attached to an aromatic ring is 1. The molecule has 0 spiro atoms. The van der Waals surface area contributed by atoms with Crippen LogP contribution in [0.25, 0.3) is 11.3 Å². The van der Waals surface area contributed by atoms with Crippen molar-refractivity contribution in [2.45, 2.75) is 4.90 Å². The molecule has 0 aliphatic heterocycles. The van der Waals surface area contributed by atoms with Crippen LogP contribution in [0.1, 0.15) is 5.56 Å². The van der Waals surface area contributed by atoms with Gasteiger partial charge < -0.3 is 5.73 Å².